The third-order valence-corrected chi connectivity index (χ3v) is 3.88. The van der Waals surface area contributed by atoms with Gasteiger partial charge in [-0.25, -0.2) is 0 Å². The third-order valence-electron chi connectivity index (χ3n) is 2.83. The minimum Gasteiger partial charge on any atom is -0.260 e. The van der Waals surface area contributed by atoms with Gasteiger partial charge >= 0.3 is 0 Å². The lowest BCUT2D eigenvalue weighted by molar-refractivity contribution is 0.633. The SMILES string of the molecule is ClC(CCCc1ccc(Br)cn1)C1CC1. The highest BCUT2D eigenvalue weighted by Gasteiger charge is 2.28. The lowest BCUT2D eigenvalue weighted by Crippen LogP contribution is -2.02. The molecule has 0 saturated heterocycles. The van der Waals surface area contributed by atoms with Crippen molar-refractivity contribution in [2.45, 2.75) is 37.5 Å². The first kappa shape index (κ1) is 11.4. The molecule has 82 valence electrons. The quantitative estimate of drug-likeness (QED) is 0.741. The summed E-state index contributed by atoms with van der Waals surface area (Å²) in [5.41, 5.74) is 1.16. The van der Waals surface area contributed by atoms with Crippen molar-refractivity contribution in [1.82, 2.24) is 4.98 Å². The van der Waals surface area contributed by atoms with Crippen LogP contribution in [0.25, 0.3) is 0 Å². The van der Waals surface area contributed by atoms with Gasteiger partial charge in [0.05, 0.1) is 0 Å². The minimum absolute atomic E-state index is 0.403. The van der Waals surface area contributed by atoms with Gasteiger partial charge in [0.2, 0.25) is 0 Å². The molecule has 1 aromatic rings. The molecule has 0 N–H and O–H groups in total. The summed E-state index contributed by atoms with van der Waals surface area (Å²) < 4.78 is 1.04. The molecule has 0 aromatic carbocycles. The number of pyridine rings is 1. The second-order valence-corrected chi connectivity index (χ2v) is 5.69. The van der Waals surface area contributed by atoms with Gasteiger partial charge in [-0.05, 0) is 66.1 Å². The molecular formula is C12H15BrClN. The van der Waals surface area contributed by atoms with Crippen LogP contribution in [-0.2, 0) is 6.42 Å². The number of aromatic nitrogens is 1. The largest absolute Gasteiger partial charge is 0.260 e. The van der Waals surface area contributed by atoms with Gasteiger partial charge in [0.1, 0.15) is 0 Å². The van der Waals surface area contributed by atoms with E-state index in [2.05, 4.69) is 27.0 Å². The molecule has 1 aliphatic carbocycles. The summed E-state index contributed by atoms with van der Waals surface area (Å²) in [5.74, 6) is 0.810. The van der Waals surface area contributed by atoms with Crippen LogP contribution >= 0.6 is 27.5 Å². The second-order valence-electron chi connectivity index (χ2n) is 4.21. The van der Waals surface area contributed by atoms with Crippen LogP contribution in [0.4, 0.5) is 0 Å². The molecule has 3 heteroatoms. The Bertz CT molecular complexity index is 308. The fraction of sp³-hybridized carbons (Fsp3) is 0.583. The molecule has 0 bridgehead atoms. The first-order chi connectivity index (χ1) is 7.25. The number of rotatable bonds is 5. The van der Waals surface area contributed by atoms with Crippen LogP contribution in [0.3, 0.4) is 0 Å². The second kappa shape index (κ2) is 5.31. The molecule has 1 aromatic heterocycles. The highest BCUT2D eigenvalue weighted by atomic mass is 79.9. The van der Waals surface area contributed by atoms with Gasteiger partial charge in [0.15, 0.2) is 0 Å². The lowest BCUT2D eigenvalue weighted by atomic mass is 10.1. The number of alkyl halides is 1. The van der Waals surface area contributed by atoms with Crippen molar-refractivity contribution < 1.29 is 0 Å². The topological polar surface area (TPSA) is 12.9 Å². The molecule has 15 heavy (non-hydrogen) atoms. The predicted octanol–water partition coefficient (Wildman–Crippen LogP) is 4.18. The molecule has 0 radical (unpaired) electrons. The van der Waals surface area contributed by atoms with Crippen LogP contribution in [0.1, 0.15) is 31.4 Å². The van der Waals surface area contributed by atoms with E-state index in [9.17, 15) is 0 Å². The molecule has 0 spiro atoms. The molecule has 0 amide bonds. The summed E-state index contributed by atoms with van der Waals surface area (Å²) >= 11 is 9.62. The van der Waals surface area contributed by atoms with E-state index in [-0.39, 0.29) is 0 Å². The fourth-order valence-corrected chi connectivity index (χ4v) is 2.37. The van der Waals surface area contributed by atoms with Crippen molar-refractivity contribution in [2.75, 3.05) is 0 Å². The third kappa shape index (κ3) is 3.76. The average molecular weight is 289 g/mol. The first-order valence-electron chi connectivity index (χ1n) is 5.50. The van der Waals surface area contributed by atoms with E-state index in [1.54, 1.807) is 0 Å². The van der Waals surface area contributed by atoms with Gasteiger partial charge in [0.25, 0.3) is 0 Å². The van der Waals surface area contributed by atoms with Crippen LogP contribution < -0.4 is 0 Å². The molecule has 1 atom stereocenters. The Morgan fingerprint density at radius 2 is 2.27 bits per heavy atom. The molecule has 1 saturated carbocycles. The molecule has 1 heterocycles. The van der Waals surface area contributed by atoms with Crippen molar-refractivity contribution >= 4 is 27.5 Å². The van der Waals surface area contributed by atoms with Gasteiger partial charge in [-0.1, -0.05) is 0 Å². The van der Waals surface area contributed by atoms with E-state index in [4.69, 9.17) is 11.6 Å². The standard InChI is InChI=1S/C12H15BrClN/c13-10-6-7-11(15-8-10)2-1-3-12(14)9-4-5-9/h6-9,12H,1-5H2. The highest BCUT2D eigenvalue weighted by Crippen LogP contribution is 2.37. The van der Waals surface area contributed by atoms with Crippen molar-refractivity contribution in [2.24, 2.45) is 5.92 Å². The number of nitrogens with zero attached hydrogens (tertiary/aromatic N) is 1. The minimum atomic E-state index is 0.403. The molecule has 1 fully saturated rings. The number of hydrogen-bond acceptors (Lipinski definition) is 1. The summed E-state index contributed by atoms with van der Waals surface area (Å²) in [6, 6.07) is 4.12. The van der Waals surface area contributed by atoms with Gasteiger partial charge < -0.3 is 0 Å². The maximum absolute atomic E-state index is 6.24. The smallest absolute Gasteiger partial charge is 0.0413 e. The summed E-state index contributed by atoms with van der Waals surface area (Å²) in [5, 5.41) is 0.403. The molecule has 1 nitrogen and oxygen atoms in total. The van der Waals surface area contributed by atoms with Gasteiger partial charge in [-0.15, -0.1) is 11.6 Å². The van der Waals surface area contributed by atoms with Crippen LogP contribution in [0, 0.1) is 5.92 Å². The van der Waals surface area contributed by atoms with E-state index >= 15 is 0 Å². The Morgan fingerprint density at radius 3 is 2.87 bits per heavy atom. The highest BCUT2D eigenvalue weighted by molar-refractivity contribution is 9.10. The Morgan fingerprint density at radius 1 is 1.47 bits per heavy atom. The van der Waals surface area contributed by atoms with Crippen LogP contribution in [0.5, 0.6) is 0 Å². The lowest BCUT2D eigenvalue weighted by Gasteiger charge is -2.06. The summed E-state index contributed by atoms with van der Waals surface area (Å²) in [6.07, 6.45) is 7.86. The van der Waals surface area contributed by atoms with Crippen molar-refractivity contribution in [1.29, 1.82) is 0 Å². The number of halogens is 2. The zero-order chi connectivity index (χ0) is 10.7. The molecule has 1 aliphatic rings. The Hall–Kier alpha value is -0.0800. The van der Waals surface area contributed by atoms with E-state index in [0.29, 0.717) is 5.38 Å². The Balaban J connectivity index is 1.70. The predicted molar refractivity (Wildman–Crippen MR) is 67.2 cm³/mol. The summed E-state index contributed by atoms with van der Waals surface area (Å²) in [6.45, 7) is 0. The molecule has 0 aliphatic heterocycles. The summed E-state index contributed by atoms with van der Waals surface area (Å²) in [7, 11) is 0. The van der Waals surface area contributed by atoms with Gasteiger partial charge in [0, 0.05) is 21.7 Å². The molecule has 1 unspecified atom stereocenters. The Labute approximate surface area is 104 Å². The Kier molecular flexibility index (Phi) is 4.04. The maximum Gasteiger partial charge on any atom is 0.0413 e. The van der Waals surface area contributed by atoms with Crippen LogP contribution in [0.15, 0.2) is 22.8 Å². The molecule has 2 rings (SSSR count). The van der Waals surface area contributed by atoms with Crippen LogP contribution in [0.2, 0.25) is 0 Å². The average Bonchev–Trinajstić information content (AvgIpc) is 3.04. The van der Waals surface area contributed by atoms with E-state index < -0.39 is 0 Å². The van der Waals surface area contributed by atoms with Crippen molar-refractivity contribution in [3.8, 4) is 0 Å². The van der Waals surface area contributed by atoms with E-state index in [0.717, 1.165) is 35.3 Å². The zero-order valence-corrected chi connectivity index (χ0v) is 11.0. The van der Waals surface area contributed by atoms with Crippen LogP contribution in [-0.4, -0.2) is 10.4 Å². The monoisotopic (exact) mass is 287 g/mol. The normalized spacial score (nSPS) is 17.7. The van der Waals surface area contributed by atoms with Crippen molar-refractivity contribution in [3.63, 3.8) is 0 Å². The fourth-order valence-electron chi connectivity index (χ4n) is 1.73. The maximum atomic E-state index is 6.24. The van der Waals surface area contributed by atoms with Crippen molar-refractivity contribution in [3.05, 3.63) is 28.5 Å². The zero-order valence-electron chi connectivity index (χ0n) is 8.63. The van der Waals surface area contributed by atoms with Gasteiger partial charge in [-0.3, -0.25) is 4.98 Å². The summed E-state index contributed by atoms with van der Waals surface area (Å²) in [4.78, 5) is 4.35. The number of hydrogen-bond donors (Lipinski definition) is 0. The first-order valence-corrected chi connectivity index (χ1v) is 6.73. The molecular weight excluding hydrogens is 273 g/mol. The van der Waals surface area contributed by atoms with E-state index in [1.165, 1.54) is 12.8 Å². The van der Waals surface area contributed by atoms with E-state index in [1.807, 2.05) is 12.3 Å². The van der Waals surface area contributed by atoms with Gasteiger partial charge in [-0.2, -0.15) is 0 Å². The number of aryl methyl sites for hydroxylation is 1.